The first-order valence-electron chi connectivity index (χ1n) is 10.2. The zero-order valence-corrected chi connectivity index (χ0v) is 15.3. The normalized spacial score (nSPS) is 28.4. The fourth-order valence-corrected chi connectivity index (χ4v) is 5.00. The Hall–Kier alpha value is -1.73. The lowest BCUT2D eigenvalue weighted by molar-refractivity contribution is 0.0545. The van der Waals surface area contributed by atoms with Gasteiger partial charge in [-0.15, -0.1) is 15.3 Å². The summed E-state index contributed by atoms with van der Waals surface area (Å²) in [5.41, 5.74) is 0.844. The zero-order valence-electron chi connectivity index (χ0n) is 15.3. The number of anilines is 1. The number of fused-ring (bicyclic) bond motifs is 1. The smallest absolute Gasteiger partial charge is 0.178 e. The van der Waals surface area contributed by atoms with Crippen molar-refractivity contribution in [3.05, 3.63) is 18.0 Å². The number of nitrogens with zero attached hydrogens (tertiary/aromatic N) is 6. The van der Waals surface area contributed by atoms with Crippen molar-refractivity contribution in [2.75, 3.05) is 31.1 Å². The highest BCUT2D eigenvalue weighted by molar-refractivity contribution is 5.46. The molecule has 2 unspecified atom stereocenters. The van der Waals surface area contributed by atoms with E-state index < -0.39 is 0 Å². The lowest BCUT2D eigenvalue weighted by Crippen LogP contribution is -2.44. The first-order chi connectivity index (χ1) is 12.8. The molecular weight excluding hydrogens is 328 g/mol. The van der Waals surface area contributed by atoms with Gasteiger partial charge in [-0.1, -0.05) is 0 Å². The van der Waals surface area contributed by atoms with Gasteiger partial charge in [0.05, 0.1) is 6.10 Å². The van der Waals surface area contributed by atoms with Crippen LogP contribution in [0.2, 0.25) is 0 Å². The van der Waals surface area contributed by atoms with E-state index in [0.29, 0.717) is 12.0 Å². The zero-order chi connectivity index (χ0) is 17.5. The Kier molecular flexibility index (Phi) is 4.29. The van der Waals surface area contributed by atoms with Gasteiger partial charge in [0.25, 0.3) is 0 Å². The van der Waals surface area contributed by atoms with Crippen LogP contribution in [0.1, 0.15) is 56.7 Å². The molecule has 0 radical (unpaired) electrons. The monoisotopic (exact) mass is 356 g/mol. The third-order valence-electron chi connectivity index (χ3n) is 6.51. The minimum Gasteiger partial charge on any atom is -0.391 e. The number of hydrogen-bond donors (Lipinski definition) is 1. The number of aromatic nitrogens is 4. The average Bonchev–Trinajstić information content (AvgIpc) is 3.42. The lowest BCUT2D eigenvalue weighted by atomic mass is 9.94. The summed E-state index contributed by atoms with van der Waals surface area (Å²) >= 11 is 0. The molecule has 1 saturated carbocycles. The highest BCUT2D eigenvalue weighted by Crippen LogP contribution is 2.32. The molecule has 0 bridgehead atoms. The van der Waals surface area contributed by atoms with Gasteiger partial charge in [-0.05, 0) is 70.2 Å². The second-order valence-electron chi connectivity index (χ2n) is 8.09. The maximum absolute atomic E-state index is 10.2. The van der Waals surface area contributed by atoms with Crippen molar-refractivity contribution in [2.45, 2.75) is 63.0 Å². The van der Waals surface area contributed by atoms with Crippen molar-refractivity contribution < 1.29 is 5.11 Å². The summed E-state index contributed by atoms with van der Waals surface area (Å²) in [7, 11) is 0. The number of hydrogen-bond acceptors (Lipinski definition) is 6. The third kappa shape index (κ3) is 2.87. The molecule has 1 N–H and O–H groups in total. The van der Waals surface area contributed by atoms with E-state index in [0.717, 1.165) is 75.6 Å². The van der Waals surface area contributed by atoms with Crippen LogP contribution in [0.15, 0.2) is 12.1 Å². The van der Waals surface area contributed by atoms with E-state index in [1.807, 2.05) is 10.6 Å². The topological polar surface area (TPSA) is 69.8 Å². The molecule has 140 valence electrons. The Bertz CT molecular complexity index is 762. The number of aliphatic hydroxyl groups excluding tert-OH is 1. The van der Waals surface area contributed by atoms with Crippen molar-refractivity contribution in [3.63, 3.8) is 0 Å². The molecule has 0 aromatic carbocycles. The Morgan fingerprint density at radius 2 is 1.69 bits per heavy atom. The molecule has 2 aromatic heterocycles. The standard InChI is InChI=1S/C19H28N6O/c26-16-5-3-4-15(16)23-12-8-14(9-13-23)19-21-20-17-6-7-18(22-25(17)19)24-10-1-2-11-24/h6-7,14-16,26H,1-5,8-13H2. The molecule has 0 amide bonds. The van der Waals surface area contributed by atoms with Crippen LogP contribution in [0, 0.1) is 0 Å². The minimum absolute atomic E-state index is 0.134. The molecule has 0 spiro atoms. The maximum Gasteiger partial charge on any atom is 0.178 e. The summed E-state index contributed by atoms with van der Waals surface area (Å²) in [6.07, 6.45) is 7.76. The Balaban J connectivity index is 1.33. The molecule has 5 rings (SSSR count). The van der Waals surface area contributed by atoms with E-state index in [4.69, 9.17) is 5.10 Å². The second kappa shape index (κ2) is 6.78. The fourth-order valence-electron chi connectivity index (χ4n) is 5.00. The molecule has 2 aliphatic heterocycles. The lowest BCUT2D eigenvalue weighted by Gasteiger charge is -2.36. The van der Waals surface area contributed by atoms with Gasteiger partial charge in [-0.2, -0.15) is 4.52 Å². The van der Waals surface area contributed by atoms with Gasteiger partial charge in [-0.3, -0.25) is 4.90 Å². The van der Waals surface area contributed by atoms with Crippen molar-refractivity contribution in [2.24, 2.45) is 0 Å². The van der Waals surface area contributed by atoms with Crippen LogP contribution in [-0.2, 0) is 0 Å². The van der Waals surface area contributed by atoms with Crippen LogP contribution in [-0.4, -0.2) is 68.1 Å². The highest BCUT2D eigenvalue weighted by Gasteiger charge is 2.34. The third-order valence-corrected chi connectivity index (χ3v) is 6.51. The molecule has 2 aromatic rings. The SMILES string of the molecule is OC1CCCC1N1CCC(c2nnc3ccc(N4CCCC4)nn23)CC1. The van der Waals surface area contributed by atoms with Crippen LogP contribution >= 0.6 is 0 Å². The van der Waals surface area contributed by atoms with Crippen LogP contribution in [0.25, 0.3) is 5.65 Å². The van der Waals surface area contributed by atoms with Crippen molar-refractivity contribution in [3.8, 4) is 0 Å². The van der Waals surface area contributed by atoms with Gasteiger partial charge >= 0.3 is 0 Å². The predicted molar refractivity (Wildman–Crippen MR) is 99.4 cm³/mol. The molecule has 26 heavy (non-hydrogen) atoms. The Morgan fingerprint density at radius 3 is 2.42 bits per heavy atom. The van der Waals surface area contributed by atoms with Gasteiger partial charge in [0.1, 0.15) is 5.82 Å². The molecule has 4 heterocycles. The van der Waals surface area contributed by atoms with Crippen molar-refractivity contribution in [1.29, 1.82) is 0 Å². The number of rotatable bonds is 3. The summed E-state index contributed by atoms with van der Waals surface area (Å²) in [6, 6.07) is 4.48. The number of piperidine rings is 1. The fraction of sp³-hybridized carbons (Fsp3) is 0.737. The molecular formula is C19H28N6O. The summed E-state index contributed by atoms with van der Waals surface area (Å²) in [6.45, 7) is 4.26. The highest BCUT2D eigenvalue weighted by atomic mass is 16.3. The summed E-state index contributed by atoms with van der Waals surface area (Å²) in [4.78, 5) is 4.84. The quantitative estimate of drug-likeness (QED) is 0.905. The van der Waals surface area contributed by atoms with E-state index >= 15 is 0 Å². The maximum atomic E-state index is 10.2. The van der Waals surface area contributed by atoms with E-state index in [2.05, 4.69) is 26.1 Å². The van der Waals surface area contributed by atoms with Crippen LogP contribution in [0.5, 0.6) is 0 Å². The number of aliphatic hydroxyl groups is 1. The molecule has 3 fully saturated rings. The minimum atomic E-state index is -0.134. The van der Waals surface area contributed by atoms with Crippen molar-refractivity contribution >= 4 is 11.5 Å². The summed E-state index contributed by atoms with van der Waals surface area (Å²) in [5.74, 6) is 2.45. The van der Waals surface area contributed by atoms with Gasteiger partial charge in [-0.25, -0.2) is 0 Å². The Morgan fingerprint density at radius 1 is 0.885 bits per heavy atom. The van der Waals surface area contributed by atoms with E-state index in [-0.39, 0.29) is 6.10 Å². The second-order valence-corrected chi connectivity index (χ2v) is 8.09. The molecule has 3 aliphatic rings. The largest absolute Gasteiger partial charge is 0.391 e. The van der Waals surface area contributed by atoms with Gasteiger partial charge < -0.3 is 10.0 Å². The summed E-state index contributed by atoms with van der Waals surface area (Å²) < 4.78 is 1.97. The van der Waals surface area contributed by atoms with Gasteiger partial charge in [0, 0.05) is 25.0 Å². The molecule has 2 saturated heterocycles. The van der Waals surface area contributed by atoms with E-state index in [1.54, 1.807) is 0 Å². The van der Waals surface area contributed by atoms with Crippen molar-refractivity contribution in [1.82, 2.24) is 24.7 Å². The van der Waals surface area contributed by atoms with E-state index in [9.17, 15) is 5.11 Å². The molecule has 2 atom stereocenters. The van der Waals surface area contributed by atoms with Gasteiger partial charge in [0.2, 0.25) is 0 Å². The first-order valence-corrected chi connectivity index (χ1v) is 10.2. The molecule has 7 nitrogen and oxygen atoms in total. The Labute approximate surface area is 154 Å². The summed E-state index contributed by atoms with van der Waals surface area (Å²) in [5, 5.41) is 23.9. The first kappa shape index (κ1) is 16.4. The van der Waals surface area contributed by atoms with E-state index in [1.165, 1.54) is 12.8 Å². The predicted octanol–water partition coefficient (Wildman–Crippen LogP) is 1.82. The number of likely N-dealkylation sites (tertiary alicyclic amines) is 1. The molecule has 7 heteroatoms. The van der Waals surface area contributed by atoms with Gasteiger partial charge in [0.15, 0.2) is 11.5 Å². The molecule has 1 aliphatic carbocycles. The van der Waals surface area contributed by atoms with Crippen LogP contribution in [0.3, 0.4) is 0 Å². The van der Waals surface area contributed by atoms with Crippen LogP contribution < -0.4 is 4.90 Å². The van der Waals surface area contributed by atoms with Crippen LogP contribution in [0.4, 0.5) is 5.82 Å². The average molecular weight is 356 g/mol.